The Balaban J connectivity index is 1.72. The Hall–Kier alpha value is -3.41. The van der Waals surface area contributed by atoms with Gasteiger partial charge in [-0.15, -0.1) is 0 Å². The van der Waals surface area contributed by atoms with Crippen molar-refractivity contribution in [2.24, 2.45) is 0 Å². The van der Waals surface area contributed by atoms with Crippen LogP contribution in [0.25, 0.3) is 29.0 Å². The van der Waals surface area contributed by atoms with Gasteiger partial charge in [0.2, 0.25) is 11.7 Å². The van der Waals surface area contributed by atoms with Crippen LogP contribution in [0.3, 0.4) is 0 Å². The van der Waals surface area contributed by atoms with E-state index >= 15 is 0 Å². The highest BCUT2D eigenvalue weighted by Gasteiger charge is 2.10. The Morgan fingerprint density at radius 1 is 0.926 bits per heavy atom. The zero-order chi connectivity index (χ0) is 18.8. The van der Waals surface area contributed by atoms with Crippen molar-refractivity contribution in [1.29, 1.82) is 0 Å². The lowest BCUT2D eigenvalue weighted by Gasteiger charge is -2.20. The van der Waals surface area contributed by atoms with E-state index in [1.807, 2.05) is 40.8 Å². The predicted molar refractivity (Wildman–Crippen MR) is 112 cm³/mol. The number of nitrogens with zero attached hydrogens (tertiary/aromatic N) is 5. The number of para-hydroxylation sites is 2. The molecule has 0 atom stereocenters. The first-order valence-electron chi connectivity index (χ1n) is 9.13. The molecular weight excluding hydrogens is 336 g/mol. The van der Waals surface area contributed by atoms with E-state index in [4.69, 9.17) is 5.73 Å². The summed E-state index contributed by atoms with van der Waals surface area (Å²) in [5.41, 5.74) is 10.0. The molecule has 4 aromatic rings. The molecule has 6 nitrogen and oxygen atoms in total. The summed E-state index contributed by atoms with van der Waals surface area (Å²) in [7, 11) is 0. The van der Waals surface area contributed by atoms with Gasteiger partial charge in [-0.2, -0.15) is 9.97 Å². The average molecular weight is 358 g/mol. The number of hydrogen-bond acceptors (Lipinski definition) is 5. The Bertz CT molecular complexity index is 1110. The van der Waals surface area contributed by atoms with E-state index in [2.05, 4.69) is 58.0 Å². The summed E-state index contributed by atoms with van der Waals surface area (Å²) in [6.45, 7) is 6.32. The summed E-state index contributed by atoms with van der Waals surface area (Å²) >= 11 is 0. The third-order valence-electron chi connectivity index (χ3n) is 4.66. The van der Waals surface area contributed by atoms with Gasteiger partial charge in [0.25, 0.3) is 0 Å². The minimum Gasteiger partial charge on any atom is -0.372 e. The molecule has 136 valence electrons. The van der Waals surface area contributed by atoms with Crippen molar-refractivity contribution in [2.45, 2.75) is 13.8 Å². The normalized spacial score (nSPS) is 11.6. The van der Waals surface area contributed by atoms with Crippen molar-refractivity contribution in [3.8, 4) is 0 Å². The minimum absolute atomic E-state index is 0.217. The molecule has 2 N–H and O–H groups in total. The van der Waals surface area contributed by atoms with E-state index in [1.165, 1.54) is 5.69 Å². The molecule has 2 heterocycles. The van der Waals surface area contributed by atoms with Gasteiger partial charge in [0.15, 0.2) is 0 Å². The molecule has 0 amide bonds. The van der Waals surface area contributed by atoms with E-state index in [-0.39, 0.29) is 5.95 Å². The molecule has 0 aliphatic carbocycles. The molecule has 0 spiro atoms. The molecule has 0 saturated heterocycles. The first-order chi connectivity index (χ1) is 13.2. The lowest BCUT2D eigenvalue weighted by molar-refractivity contribution is 0.866. The highest BCUT2D eigenvalue weighted by atomic mass is 15.2. The summed E-state index contributed by atoms with van der Waals surface area (Å²) in [6, 6.07) is 16.4. The second kappa shape index (κ2) is 7.07. The smallest absolute Gasteiger partial charge is 0.239 e. The zero-order valence-corrected chi connectivity index (χ0v) is 15.5. The van der Waals surface area contributed by atoms with Crippen molar-refractivity contribution >= 4 is 40.6 Å². The molecule has 0 saturated carbocycles. The Labute approximate surface area is 158 Å². The maximum atomic E-state index is 5.88. The number of fused-ring (bicyclic) bond motifs is 3. The van der Waals surface area contributed by atoms with E-state index < -0.39 is 0 Å². The highest BCUT2D eigenvalue weighted by molar-refractivity contribution is 5.81. The van der Waals surface area contributed by atoms with Gasteiger partial charge in [-0.05, 0) is 49.8 Å². The van der Waals surface area contributed by atoms with Gasteiger partial charge in [-0.3, -0.25) is 4.40 Å². The molecule has 0 aliphatic heterocycles. The van der Waals surface area contributed by atoms with Crippen LogP contribution >= 0.6 is 0 Å². The highest BCUT2D eigenvalue weighted by Crippen LogP contribution is 2.20. The molecule has 0 aliphatic rings. The number of anilines is 2. The minimum atomic E-state index is 0.217. The quantitative estimate of drug-likeness (QED) is 0.586. The van der Waals surface area contributed by atoms with E-state index in [0.29, 0.717) is 11.6 Å². The first-order valence-corrected chi connectivity index (χ1v) is 9.13. The Kier molecular flexibility index (Phi) is 4.46. The van der Waals surface area contributed by atoms with Gasteiger partial charge < -0.3 is 10.6 Å². The third-order valence-corrected chi connectivity index (χ3v) is 4.66. The summed E-state index contributed by atoms with van der Waals surface area (Å²) in [6.07, 6.45) is 3.98. The Morgan fingerprint density at radius 3 is 2.41 bits per heavy atom. The van der Waals surface area contributed by atoms with E-state index in [9.17, 15) is 0 Å². The van der Waals surface area contributed by atoms with Crippen LogP contribution < -0.4 is 10.6 Å². The largest absolute Gasteiger partial charge is 0.372 e. The van der Waals surface area contributed by atoms with Crippen LogP contribution in [0.4, 0.5) is 11.6 Å². The van der Waals surface area contributed by atoms with Crippen molar-refractivity contribution in [3.05, 3.63) is 59.9 Å². The molecule has 2 aromatic heterocycles. The lowest BCUT2D eigenvalue weighted by atomic mass is 10.2. The monoisotopic (exact) mass is 358 g/mol. The standard InChI is InChI=1S/C21H22N6/c1-3-26(4-2)16-12-9-15(10-13-16)11-14-19-24-20(22)25-21-23-17-7-5-6-8-18(17)27(19)21/h5-14H,3-4H2,1-2H3,(H2,22,23,25)/b14-11+. The summed E-state index contributed by atoms with van der Waals surface area (Å²) in [5, 5.41) is 0. The van der Waals surface area contributed by atoms with Gasteiger partial charge in [0.05, 0.1) is 11.0 Å². The van der Waals surface area contributed by atoms with Gasteiger partial charge in [-0.1, -0.05) is 30.3 Å². The third kappa shape index (κ3) is 3.21. The molecule has 2 aromatic carbocycles. The van der Waals surface area contributed by atoms with E-state index in [0.717, 1.165) is 29.7 Å². The van der Waals surface area contributed by atoms with Gasteiger partial charge >= 0.3 is 0 Å². The fraction of sp³-hybridized carbons (Fsp3) is 0.190. The molecular formula is C21H22N6. The summed E-state index contributed by atoms with van der Waals surface area (Å²) in [5.74, 6) is 1.48. The number of benzene rings is 2. The number of nitrogens with two attached hydrogens (primary N) is 1. The van der Waals surface area contributed by atoms with Crippen molar-refractivity contribution in [1.82, 2.24) is 19.4 Å². The van der Waals surface area contributed by atoms with Crippen molar-refractivity contribution in [2.75, 3.05) is 23.7 Å². The Morgan fingerprint density at radius 2 is 1.67 bits per heavy atom. The molecule has 4 rings (SSSR count). The van der Waals surface area contributed by atoms with Gasteiger partial charge in [-0.25, -0.2) is 4.98 Å². The van der Waals surface area contributed by atoms with Crippen molar-refractivity contribution < 1.29 is 0 Å². The molecule has 0 bridgehead atoms. The molecule has 0 fully saturated rings. The molecule has 0 radical (unpaired) electrons. The SMILES string of the molecule is CCN(CC)c1ccc(/C=C/c2nc(N)nc3nc4ccccc4n23)cc1. The lowest BCUT2D eigenvalue weighted by Crippen LogP contribution is -2.21. The number of rotatable bonds is 5. The topological polar surface area (TPSA) is 72.3 Å². The second-order valence-corrected chi connectivity index (χ2v) is 6.27. The number of imidazole rings is 1. The van der Waals surface area contributed by atoms with Crippen LogP contribution in [-0.4, -0.2) is 32.4 Å². The van der Waals surface area contributed by atoms with Gasteiger partial charge in [0, 0.05) is 18.8 Å². The fourth-order valence-electron chi connectivity index (χ4n) is 3.28. The summed E-state index contributed by atoms with van der Waals surface area (Å²) < 4.78 is 1.92. The first kappa shape index (κ1) is 17.0. The molecule has 27 heavy (non-hydrogen) atoms. The average Bonchev–Trinajstić information content (AvgIpc) is 3.06. The predicted octanol–water partition coefficient (Wildman–Crippen LogP) is 3.88. The van der Waals surface area contributed by atoms with Crippen LogP contribution in [0.15, 0.2) is 48.5 Å². The van der Waals surface area contributed by atoms with Crippen LogP contribution in [0.1, 0.15) is 25.2 Å². The molecule has 6 heteroatoms. The zero-order valence-electron chi connectivity index (χ0n) is 15.5. The van der Waals surface area contributed by atoms with Gasteiger partial charge in [0.1, 0.15) is 5.82 Å². The fourth-order valence-corrected chi connectivity index (χ4v) is 3.28. The van der Waals surface area contributed by atoms with Crippen LogP contribution in [0.5, 0.6) is 0 Å². The van der Waals surface area contributed by atoms with Crippen LogP contribution in [-0.2, 0) is 0 Å². The van der Waals surface area contributed by atoms with Crippen LogP contribution in [0.2, 0.25) is 0 Å². The number of nitrogen functional groups attached to an aromatic ring is 1. The molecule has 0 unspecified atom stereocenters. The summed E-state index contributed by atoms with van der Waals surface area (Å²) in [4.78, 5) is 15.5. The number of aromatic nitrogens is 4. The van der Waals surface area contributed by atoms with Crippen molar-refractivity contribution in [3.63, 3.8) is 0 Å². The second-order valence-electron chi connectivity index (χ2n) is 6.27. The van der Waals surface area contributed by atoms with E-state index in [1.54, 1.807) is 0 Å². The van der Waals surface area contributed by atoms with Crippen LogP contribution in [0, 0.1) is 0 Å². The number of hydrogen-bond donors (Lipinski definition) is 1. The maximum Gasteiger partial charge on any atom is 0.239 e. The maximum absolute atomic E-state index is 5.88.